The molecule has 3 rings (SSSR count). The molecule has 0 N–H and O–H groups in total. The van der Waals surface area contributed by atoms with Crippen molar-refractivity contribution in [2.75, 3.05) is 0 Å². The molecule has 0 saturated carbocycles. The molecule has 3 aromatic rings. The van der Waals surface area contributed by atoms with E-state index in [1.54, 1.807) is 11.3 Å². The van der Waals surface area contributed by atoms with Crippen LogP contribution in [0.25, 0.3) is 21.8 Å². The lowest BCUT2D eigenvalue weighted by atomic mass is 10.1. The molecule has 0 aliphatic carbocycles. The van der Waals surface area contributed by atoms with Gasteiger partial charge in [0.1, 0.15) is 5.01 Å². The molecule has 0 saturated heterocycles. The summed E-state index contributed by atoms with van der Waals surface area (Å²) in [4.78, 5) is 9.05. The van der Waals surface area contributed by atoms with Gasteiger partial charge < -0.3 is 0 Å². The van der Waals surface area contributed by atoms with E-state index < -0.39 is 0 Å². The molecule has 2 nitrogen and oxygen atoms in total. The van der Waals surface area contributed by atoms with Gasteiger partial charge in [0.2, 0.25) is 0 Å². The Balaban J connectivity index is 1.99. The van der Waals surface area contributed by atoms with E-state index in [-0.39, 0.29) is 0 Å². The average molecular weight is 359 g/mol. The highest BCUT2D eigenvalue weighted by atomic mass is 79.9. The maximum Gasteiger partial charge on any atom is 0.125 e. The second kappa shape index (κ2) is 6.50. The first kappa shape index (κ1) is 14.4. The Kier molecular flexibility index (Phi) is 4.46. The minimum atomic E-state index is 1.02. The van der Waals surface area contributed by atoms with Crippen molar-refractivity contribution in [3.8, 4) is 21.8 Å². The topological polar surface area (TPSA) is 25.8 Å². The van der Waals surface area contributed by atoms with Gasteiger partial charge in [-0.05, 0) is 30.2 Å². The van der Waals surface area contributed by atoms with Crippen molar-refractivity contribution in [1.29, 1.82) is 0 Å². The lowest BCUT2D eigenvalue weighted by Crippen LogP contribution is -1.90. The molecule has 0 aliphatic heterocycles. The van der Waals surface area contributed by atoms with Crippen molar-refractivity contribution in [2.45, 2.75) is 19.8 Å². The number of aromatic nitrogens is 2. The van der Waals surface area contributed by atoms with Crippen LogP contribution in [-0.4, -0.2) is 9.97 Å². The molecule has 2 aromatic heterocycles. The molecular formula is C17H15BrN2S. The second-order valence-electron chi connectivity index (χ2n) is 4.83. The van der Waals surface area contributed by atoms with Crippen molar-refractivity contribution in [3.05, 3.63) is 58.1 Å². The number of hydrogen-bond acceptors (Lipinski definition) is 3. The molecule has 0 unspecified atom stereocenters. The van der Waals surface area contributed by atoms with Crippen LogP contribution in [0.15, 0.2) is 52.6 Å². The van der Waals surface area contributed by atoms with Crippen LogP contribution in [0.4, 0.5) is 0 Å². The van der Waals surface area contributed by atoms with E-state index in [1.807, 2.05) is 24.5 Å². The number of hydrogen-bond donors (Lipinski definition) is 0. The number of benzene rings is 1. The van der Waals surface area contributed by atoms with E-state index in [9.17, 15) is 0 Å². The number of aryl methyl sites for hydroxylation is 1. The Bertz CT molecular complexity index is 752. The Morgan fingerprint density at radius 3 is 2.95 bits per heavy atom. The van der Waals surface area contributed by atoms with E-state index in [4.69, 9.17) is 4.98 Å². The minimum Gasteiger partial charge on any atom is -0.264 e. The summed E-state index contributed by atoms with van der Waals surface area (Å²) in [5.74, 6) is 0. The molecule has 21 heavy (non-hydrogen) atoms. The number of halogens is 1. The number of rotatable bonds is 4. The first-order chi connectivity index (χ1) is 10.3. The van der Waals surface area contributed by atoms with Gasteiger partial charge >= 0.3 is 0 Å². The minimum absolute atomic E-state index is 1.02. The zero-order valence-electron chi connectivity index (χ0n) is 11.7. The van der Waals surface area contributed by atoms with Gasteiger partial charge in [0.25, 0.3) is 0 Å². The summed E-state index contributed by atoms with van der Waals surface area (Å²) in [6.45, 7) is 2.19. The van der Waals surface area contributed by atoms with Gasteiger partial charge in [0.05, 0.1) is 5.69 Å². The van der Waals surface area contributed by atoms with Crippen LogP contribution in [0.2, 0.25) is 0 Å². The summed E-state index contributed by atoms with van der Waals surface area (Å²) in [6, 6.07) is 10.3. The molecule has 0 atom stereocenters. The summed E-state index contributed by atoms with van der Waals surface area (Å²) in [7, 11) is 0. The normalized spacial score (nSPS) is 10.8. The van der Waals surface area contributed by atoms with Crippen molar-refractivity contribution < 1.29 is 0 Å². The molecule has 106 valence electrons. The van der Waals surface area contributed by atoms with Gasteiger partial charge in [-0.3, -0.25) is 4.98 Å². The molecule has 4 heteroatoms. The van der Waals surface area contributed by atoms with Crippen LogP contribution < -0.4 is 0 Å². The predicted octanol–water partition coefficient (Wildman–Crippen LogP) is 5.59. The van der Waals surface area contributed by atoms with Crippen LogP contribution in [0.1, 0.15) is 18.9 Å². The summed E-state index contributed by atoms with van der Waals surface area (Å²) in [5, 5.41) is 3.15. The Morgan fingerprint density at radius 2 is 2.14 bits per heavy atom. The van der Waals surface area contributed by atoms with Gasteiger partial charge in [-0.25, -0.2) is 4.98 Å². The largest absolute Gasteiger partial charge is 0.264 e. The highest BCUT2D eigenvalue weighted by molar-refractivity contribution is 9.10. The van der Waals surface area contributed by atoms with E-state index in [1.165, 1.54) is 5.56 Å². The zero-order chi connectivity index (χ0) is 14.7. The zero-order valence-corrected chi connectivity index (χ0v) is 14.1. The third kappa shape index (κ3) is 3.22. The van der Waals surface area contributed by atoms with Crippen LogP contribution in [-0.2, 0) is 6.42 Å². The first-order valence-corrected chi connectivity index (χ1v) is 8.60. The molecule has 0 spiro atoms. The quantitative estimate of drug-likeness (QED) is 0.607. The van der Waals surface area contributed by atoms with E-state index in [0.29, 0.717) is 0 Å². The maximum absolute atomic E-state index is 4.79. The van der Waals surface area contributed by atoms with Gasteiger partial charge in [-0.1, -0.05) is 41.4 Å². The number of pyridine rings is 1. The van der Waals surface area contributed by atoms with Gasteiger partial charge in [-0.2, -0.15) is 0 Å². The lowest BCUT2D eigenvalue weighted by Gasteiger charge is -2.04. The van der Waals surface area contributed by atoms with Gasteiger partial charge in [0, 0.05) is 33.4 Å². The van der Waals surface area contributed by atoms with E-state index in [0.717, 1.165) is 39.1 Å². The third-order valence-electron chi connectivity index (χ3n) is 3.29. The van der Waals surface area contributed by atoms with Crippen molar-refractivity contribution >= 4 is 27.3 Å². The fourth-order valence-corrected chi connectivity index (χ4v) is 3.55. The first-order valence-electron chi connectivity index (χ1n) is 6.92. The predicted molar refractivity (Wildman–Crippen MR) is 92.5 cm³/mol. The van der Waals surface area contributed by atoms with E-state index in [2.05, 4.69) is 51.4 Å². The Labute approximate surface area is 137 Å². The number of thiazole rings is 1. The maximum atomic E-state index is 4.79. The highest BCUT2D eigenvalue weighted by Gasteiger charge is 2.10. The molecule has 0 bridgehead atoms. The molecule has 0 aliphatic rings. The molecule has 1 aromatic carbocycles. The van der Waals surface area contributed by atoms with Crippen molar-refractivity contribution in [2.24, 2.45) is 0 Å². The second-order valence-corrected chi connectivity index (χ2v) is 6.60. The smallest absolute Gasteiger partial charge is 0.125 e. The Morgan fingerprint density at radius 1 is 1.24 bits per heavy atom. The summed E-state index contributed by atoms with van der Waals surface area (Å²) in [5.41, 5.74) is 4.63. The summed E-state index contributed by atoms with van der Waals surface area (Å²) < 4.78 is 1.07. The summed E-state index contributed by atoms with van der Waals surface area (Å²) >= 11 is 5.19. The van der Waals surface area contributed by atoms with Crippen molar-refractivity contribution in [3.63, 3.8) is 0 Å². The fraction of sp³-hybridized carbons (Fsp3) is 0.176. The number of nitrogens with zero attached hydrogens (tertiary/aromatic N) is 2. The monoisotopic (exact) mass is 358 g/mol. The lowest BCUT2D eigenvalue weighted by molar-refractivity contribution is 0.920. The fourth-order valence-electron chi connectivity index (χ4n) is 2.28. The standard InChI is InChI=1S/C17H15BrN2S/c1-2-4-12-7-8-19-10-15(12)17-20-16(11-21-17)13-5-3-6-14(18)9-13/h3,5-11H,2,4H2,1H3. The molecular weight excluding hydrogens is 344 g/mol. The SMILES string of the molecule is CCCc1ccncc1-c1nc(-c2cccc(Br)c2)cs1. The van der Waals surface area contributed by atoms with Crippen LogP contribution in [0.3, 0.4) is 0 Å². The van der Waals surface area contributed by atoms with Gasteiger partial charge in [-0.15, -0.1) is 11.3 Å². The van der Waals surface area contributed by atoms with Crippen LogP contribution in [0.5, 0.6) is 0 Å². The van der Waals surface area contributed by atoms with Crippen molar-refractivity contribution in [1.82, 2.24) is 9.97 Å². The Hall–Kier alpha value is -1.52. The van der Waals surface area contributed by atoms with Gasteiger partial charge in [0.15, 0.2) is 0 Å². The molecule has 0 amide bonds. The summed E-state index contributed by atoms with van der Waals surface area (Å²) in [6.07, 6.45) is 5.97. The molecule has 2 heterocycles. The highest BCUT2D eigenvalue weighted by Crippen LogP contribution is 2.31. The van der Waals surface area contributed by atoms with Crippen LogP contribution >= 0.6 is 27.3 Å². The third-order valence-corrected chi connectivity index (χ3v) is 4.65. The van der Waals surface area contributed by atoms with E-state index >= 15 is 0 Å². The molecule has 0 radical (unpaired) electrons. The molecule has 0 fully saturated rings. The van der Waals surface area contributed by atoms with Crippen LogP contribution in [0, 0.1) is 0 Å². The average Bonchev–Trinajstić information content (AvgIpc) is 2.98.